The average Bonchev–Trinajstić information content (AvgIpc) is 2.87. The molecule has 0 amide bonds. The summed E-state index contributed by atoms with van der Waals surface area (Å²) in [7, 11) is 0. The van der Waals surface area contributed by atoms with Gasteiger partial charge >= 0.3 is 0 Å². The monoisotopic (exact) mass is 252 g/mol. The highest BCUT2D eigenvalue weighted by atomic mass is 16.5. The lowest BCUT2D eigenvalue weighted by molar-refractivity contribution is 0.483. The van der Waals surface area contributed by atoms with Gasteiger partial charge in [-0.25, -0.2) is 0 Å². The van der Waals surface area contributed by atoms with Crippen molar-refractivity contribution in [3.63, 3.8) is 0 Å². The molecule has 0 aliphatic heterocycles. The predicted octanol–water partition coefficient (Wildman–Crippen LogP) is 3.72. The smallest absolute Gasteiger partial charge is 0.292 e. The fourth-order valence-corrected chi connectivity index (χ4v) is 1.74. The molecule has 0 aliphatic carbocycles. The van der Waals surface area contributed by atoms with Gasteiger partial charge in [0.05, 0.1) is 0 Å². The Morgan fingerprint density at radius 2 is 1.58 bits per heavy atom. The van der Waals surface area contributed by atoms with E-state index in [1.165, 1.54) is 6.26 Å². The zero-order valence-electron chi connectivity index (χ0n) is 10.1. The van der Waals surface area contributed by atoms with E-state index in [1.807, 2.05) is 54.6 Å². The van der Waals surface area contributed by atoms with Gasteiger partial charge in [0.1, 0.15) is 23.5 Å². The van der Waals surface area contributed by atoms with Crippen molar-refractivity contribution in [1.82, 2.24) is 4.98 Å². The number of rotatable bonds is 3. The van der Waals surface area contributed by atoms with E-state index in [2.05, 4.69) is 4.98 Å². The zero-order valence-corrected chi connectivity index (χ0v) is 10.1. The minimum atomic E-state index is 0.166. The fraction of sp³-hybridized carbons (Fsp3) is 0. The van der Waals surface area contributed by atoms with Crippen LogP contribution in [0.4, 0.5) is 6.01 Å². The topological polar surface area (TPSA) is 61.3 Å². The minimum Gasteiger partial charge on any atom is -0.457 e. The number of hydrogen-bond donors (Lipinski definition) is 1. The molecule has 0 spiro atoms. The van der Waals surface area contributed by atoms with Crippen LogP contribution in [0.2, 0.25) is 0 Å². The van der Waals surface area contributed by atoms with Crippen molar-refractivity contribution in [1.29, 1.82) is 0 Å². The molecule has 4 heteroatoms. The predicted molar refractivity (Wildman–Crippen MR) is 72.9 cm³/mol. The first-order chi connectivity index (χ1) is 9.31. The highest BCUT2D eigenvalue weighted by Gasteiger charge is 2.04. The number of hydrogen-bond acceptors (Lipinski definition) is 4. The Kier molecular flexibility index (Phi) is 2.90. The molecule has 3 aromatic rings. The van der Waals surface area contributed by atoms with Gasteiger partial charge in [-0.05, 0) is 36.4 Å². The van der Waals surface area contributed by atoms with E-state index in [0.717, 1.165) is 17.1 Å². The van der Waals surface area contributed by atoms with Crippen LogP contribution in [0.15, 0.2) is 65.3 Å². The number of aromatic nitrogens is 1. The van der Waals surface area contributed by atoms with Crippen molar-refractivity contribution in [2.75, 3.05) is 5.73 Å². The summed E-state index contributed by atoms with van der Waals surface area (Å²) >= 11 is 0. The average molecular weight is 252 g/mol. The zero-order chi connectivity index (χ0) is 13.1. The van der Waals surface area contributed by atoms with Gasteiger partial charge in [0, 0.05) is 5.56 Å². The van der Waals surface area contributed by atoms with Gasteiger partial charge in [0.15, 0.2) is 0 Å². The van der Waals surface area contributed by atoms with E-state index in [1.54, 1.807) is 0 Å². The summed E-state index contributed by atoms with van der Waals surface area (Å²) in [5, 5.41) is 0. The first-order valence-corrected chi connectivity index (χ1v) is 5.85. The lowest BCUT2D eigenvalue weighted by Gasteiger charge is -2.05. The van der Waals surface area contributed by atoms with Crippen molar-refractivity contribution in [2.45, 2.75) is 0 Å². The van der Waals surface area contributed by atoms with Crippen molar-refractivity contribution in [2.24, 2.45) is 0 Å². The molecule has 0 radical (unpaired) electrons. The van der Waals surface area contributed by atoms with Crippen LogP contribution in [-0.2, 0) is 0 Å². The Hall–Kier alpha value is -2.75. The lowest BCUT2D eigenvalue weighted by Crippen LogP contribution is -1.85. The Balaban J connectivity index is 1.79. The summed E-state index contributed by atoms with van der Waals surface area (Å²) in [6, 6.07) is 17.4. The van der Waals surface area contributed by atoms with Crippen LogP contribution < -0.4 is 10.5 Å². The molecule has 0 bridgehead atoms. The second-order valence-corrected chi connectivity index (χ2v) is 4.01. The van der Waals surface area contributed by atoms with E-state index in [-0.39, 0.29) is 6.01 Å². The van der Waals surface area contributed by atoms with Crippen molar-refractivity contribution >= 4 is 6.01 Å². The quantitative estimate of drug-likeness (QED) is 0.771. The molecule has 0 saturated heterocycles. The second kappa shape index (κ2) is 4.86. The van der Waals surface area contributed by atoms with Crippen LogP contribution in [0.3, 0.4) is 0 Å². The van der Waals surface area contributed by atoms with Crippen LogP contribution in [0, 0.1) is 0 Å². The van der Waals surface area contributed by atoms with Crippen LogP contribution in [0.1, 0.15) is 0 Å². The van der Waals surface area contributed by atoms with Gasteiger partial charge in [-0.3, -0.25) is 0 Å². The number of ether oxygens (including phenoxy) is 1. The molecule has 0 atom stereocenters. The van der Waals surface area contributed by atoms with Crippen molar-refractivity contribution in [3.8, 4) is 22.8 Å². The molecule has 2 N–H and O–H groups in total. The molecule has 0 aliphatic rings. The molecule has 94 valence electrons. The van der Waals surface area contributed by atoms with Crippen LogP contribution in [-0.4, -0.2) is 4.98 Å². The summed E-state index contributed by atoms with van der Waals surface area (Å²) < 4.78 is 10.7. The summed E-state index contributed by atoms with van der Waals surface area (Å²) in [4.78, 5) is 4.06. The normalized spacial score (nSPS) is 10.3. The van der Waals surface area contributed by atoms with E-state index >= 15 is 0 Å². The summed E-state index contributed by atoms with van der Waals surface area (Å²) in [6.07, 6.45) is 1.53. The number of oxazole rings is 1. The molecule has 0 unspecified atom stereocenters. The Morgan fingerprint density at radius 1 is 0.895 bits per heavy atom. The summed E-state index contributed by atoms with van der Waals surface area (Å²) in [6.45, 7) is 0. The molecule has 19 heavy (non-hydrogen) atoms. The van der Waals surface area contributed by atoms with Crippen molar-refractivity contribution in [3.05, 3.63) is 60.9 Å². The van der Waals surface area contributed by atoms with Crippen LogP contribution >= 0.6 is 0 Å². The standard InChI is InChI=1S/C15H12N2O2/c16-15-17-14(10-18-15)11-6-8-13(9-7-11)19-12-4-2-1-3-5-12/h1-10H,(H2,16,17). The first kappa shape index (κ1) is 11.3. The van der Waals surface area contributed by atoms with Crippen LogP contribution in [0.25, 0.3) is 11.3 Å². The maximum atomic E-state index is 5.71. The number of para-hydroxylation sites is 1. The number of nitrogen functional groups attached to an aromatic ring is 1. The van der Waals surface area contributed by atoms with Crippen LogP contribution in [0.5, 0.6) is 11.5 Å². The van der Waals surface area contributed by atoms with E-state index in [0.29, 0.717) is 5.69 Å². The van der Waals surface area contributed by atoms with Gasteiger partial charge in [0.25, 0.3) is 6.01 Å². The van der Waals surface area contributed by atoms with E-state index < -0.39 is 0 Å². The third-order valence-electron chi connectivity index (χ3n) is 2.65. The Labute approximate surface area is 110 Å². The maximum Gasteiger partial charge on any atom is 0.292 e. The molecule has 4 nitrogen and oxygen atoms in total. The number of nitrogens with two attached hydrogens (primary N) is 1. The summed E-state index contributed by atoms with van der Waals surface area (Å²) in [5.74, 6) is 1.58. The minimum absolute atomic E-state index is 0.166. The maximum absolute atomic E-state index is 5.71. The molecule has 0 saturated carbocycles. The SMILES string of the molecule is Nc1nc(-c2ccc(Oc3ccccc3)cc2)co1. The highest BCUT2D eigenvalue weighted by Crippen LogP contribution is 2.25. The van der Waals surface area contributed by atoms with E-state index in [4.69, 9.17) is 14.9 Å². The molecule has 3 rings (SSSR count). The molecule has 1 heterocycles. The summed E-state index contributed by atoms with van der Waals surface area (Å²) in [5.41, 5.74) is 7.09. The molecular weight excluding hydrogens is 240 g/mol. The highest BCUT2D eigenvalue weighted by molar-refractivity contribution is 5.60. The number of benzene rings is 2. The second-order valence-electron chi connectivity index (χ2n) is 4.01. The fourth-order valence-electron chi connectivity index (χ4n) is 1.74. The number of nitrogens with zero attached hydrogens (tertiary/aromatic N) is 1. The molecule has 0 fully saturated rings. The molecule has 1 aromatic heterocycles. The molecular formula is C15H12N2O2. The third-order valence-corrected chi connectivity index (χ3v) is 2.65. The largest absolute Gasteiger partial charge is 0.457 e. The van der Waals surface area contributed by atoms with Gasteiger partial charge in [-0.15, -0.1) is 0 Å². The Morgan fingerprint density at radius 3 is 2.21 bits per heavy atom. The van der Waals surface area contributed by atoms with Gasteiger partial charge in [-0.1, -0.05) is 18.2 Å². The van der Waals surface area contributed by atoms with E-state index in [9.17, 15) is 0 Å². The third kappa shape index (κ3) is 2.57. The van der Waals surface area contributed by atoms with Gasteiger partial charge in [0.2, 0.25) is 0 Å². The Bertz CT molecular complexity index is 660. The van der Waals surface area contributed by atoms with Crippen molar-refractivity contribution < 1.29 is 9.15 Å². The van der Waals surface area contributed by atoms with Gasteiger partial charge < -0.3 is 14.9 Å². The lowest BCUT2D eigenvalue weighted by atomic mass is 10.2. The number of anilines is 1. The molecule has 2 aromatic carbocycles. The first-order valence-electron chi connectivity index (χ1n) is 5.85. The van der Waals surface area contributed by atoms with Gasteiger partial charge in [-0.2, -0.15) is 4.98 Å².